The van der Waals surface area contributed by atoms with Crippen LogP contribution in [0.15, 0.2) is 11.4 Å². The number of rotatable bonds is 4. The standard InChI is InChI=1S/C11H15NO4S2/c13-11(14)8-4-10(17-6-8)5-12-9-2-1-3-18(15,16)7-9/h4,6,9,12H,1-3,5,7H2,(H,13,14). The van der Waals surface area contributed by atoms with Crippen molar-refractivity contribution in [3.05, 3.63) is 21.9 Å². The monoisotopic (exact) mass is 289 g/mol. The van der Waals surface area contributed by atoms with Crippen LogP contribution in [0.1, 0.15) is 28.1 Å². The molecule has 1 aliphatic heterocycles. The number of hydrogen-bond acceptors (Lipinski definition) is 5. The normalized spacial score (nSPS) is 22.8. The maximum absolute atomic E-state index is 11.5. The van der Waals surface area contributed by atoms with Gasteiger partial charge in [0.25, 0.3) is 0 Å². The molecule has 0 aromatic carbocycles. The quantitative estimate of drug-likeness (QED) is 0.867. The number of carbonyl (C=O) groups is 1. The molecule has 2 heterocycles. The van der Waals surface area contributed by atoms with Crippen LogP contribution in [0.25, 0.3) is 0 Å². The lowest BCUT2D eigenvalue weighted by atomic mass is 10.2. The maximum atomic E-state index is 11.5. The third-order valence-electron chi connectivity index (χ3n) is 2.93. The summed E-state index contributed by atoms with van der Waals surface area (Å²) < 4.78 is 22.9. The summed E-state index contributed by atoms with van der Waals surface area (Å²) in [6.07, 6.45) is 1.56. The minimum atomic E-state index is -2.90. The van der Waals surface area contributed by atoms with Gasteiger partial charge in [-0.05, 0) is 18.9 Å². The maximum Gasteiger partial charge on any atom is 0.336 e. The zero-order chi connectivity index (χ0) is 13.2. The van der Waals surface area contributed by atoms with E-state index in [0.717, 1.165) is 11.3 Å². The Morgan fingerprint density at radius 2 is 2.33 bits per heavy atom. The van der Waals surface area contributed by atoms with E-state index in [2.05, 4.69) is 5.32 Å². The second kappa shape index (κ2) is 5.38. The summed E-state index contributed by atoms with van der Waals surface area (Å²) in [5, 5.41) is 13.6. The highest BCUT2D eigenvalue weighted by atomic mass is 32.2. The molecule has 18 heavy (non-hydrogen) atoms. The molecule has 0 amide bonds. The molecule has 0 saturated carbocycles. The fourth-order valence-electron chi connectivity index (χ4n) is 2.01. The Balaban J connectivity index is 1.89. The molecule has 5 nitrogen and oxygen atoms in total. The first-order valence-electron chi connectivity index (χ1n) is 5.71. The van der Waals surface area contributed by atoms with E-state index in [9.17, 15) is 13.2 Å². The van der Waals surface area contributed by atoms with Gasteiger partial charge < -0.3 is 10.4 Å². The van der Waals surface area contributed by atoms with Crippen LogP contribution in [0.4, 0.5) is 0 Å². The minimum absolute atomic E-state index is 0.0147. The Kier molecular flexibility index (Phi) is 4.04. The molecule has 100 valence electrons. The van der Waals surface area contributed by atoms with Crippen LogP contribution >= 0.6 is 11.3 Å². The van der Waals surface area contributed by atoms with E-state index in [-0.39, 0.29) is 23.1 Å². The molecule has 0 bridgehead atoms. The Labute approximate surface area is 110 Å². The van der Waals surface area contributed by atoms with Crippen molar-refractivity contribution >= 4 is 27.1 Å². The average Bonchev–Trinajstić information content (AvgIpc) is 2.74. The number of carboxylic acids is 1. The topological polar surface area (TPSA) is 83.5 Å². The first-order valence-corrected chi connectivity index (χ1v) is 8.41. The molecule has 1 aromatic rings. The largest absolute Gasteiger partial charge is 0.478 e. The van der Waals surface area contributed by atoms with Crippen LogP contribution in [-0.2, 0) is 16.4 Å². The van der Waals surface area contributed by atoms with Gasteiger partial charge in [-0.2, -0.15) is 0 Å². The third-order valence-corrected chi connectivity index (χ3v) is 5.69. The lowest BCUT2D eigenvalue weighted by Crippen LogP contribution is -2.39. The zero-order valence-corrected chi connectivity index (χ0v) is 11.4. The molecule has 7 heteroatoms. The van der Waals surface area contributed by atoms with Crippen molar-refractivity contribution in [1.82, 2.24) is 5.32 Å². The molecular weight excluding hydrogens is 274 g/mol. The third kappa shape index (κ3) is 3.54. The van der Waals surface area contributed by atoms with Crippen LogP contribution in [-0.4, -0.2) is 37.0 Å². The molecule has 0 spiro atoms. The van der Waals surface area contributed by atoms with Gasteiger partial charge in [-0.3, -0.25) is 0 Å². The van der Waals surface area contributed by atoms with Crippen molar-refractivity contribution in [1.29, 1.82) is 0 Å². The lowest BCUT2D eigenvalue weighted by Gasteiger charge is -2.22. The summed E-state index contributed by atoms with van der Waals surface area (Å²) in [7, 11) is -2.90. The van der Waals surface area contributed by atoms with E-state index in [1.165, 1.54) is 11.3 Å². The SMILES string of the molecule is O=C(O)c1csc(CNC2CCCS(=O)(=O)C2)c1. The van der Waals surface area contributed by atoms with E-state index < -0.39 is 15.8 Å². The van der Waals surface area contributed by atoms with Crippen LogP contribution in [0, 0.1) is 0 Å². The molecule has 1 unspecified atom stereocenters. The Bertz CT molecular complexity index is 535. The van der Waals surface area contributed by atoms with Crippen LogP contribution in [0.5, 0.6) is 0 Å². The van der Waals surface area contributed by atoms with Gasteiger partial charge in [0.05, 0.1) is 17.1 Å². The van der Waals surface area contributed by atoms with Crippen molar-refractivity contribution < 1.29 is 18.3 Å². The van der Waals surface area contributed by atoms with E-state index in [0.29, 0.717) is 13.0 Å². The number of nitrogens with one attached hydrogen (secondary N) is 1. The van der Waals surface area contributed by atoms with Gasteiger partial charge >= 0.3 is 5.97 Å². The van der Waals surface area contributed by atoms with Crippen molar-refractivity contribution in [3.63, 3.8) is 0 Å². The van der Waals surface area contributed by atoms with Gasteiger partial charge in [-0.25, -0.2) is 13.2 Å². The summed E-state index contributed by atoms with van der Waals surface area (Å²) in [5.41, 5.74) is 0.285. The molecule has 1 aromatic heterocycles. The van der Waals surface area contributed by atoms with Crippen LogP contribution in [0.2, 0.25) is 0 Å². The second-order valence-electron chi connectivity index (χ2n) is 4.44. The second-order valence-corrected chi connectivity index (χ2v) is 7.67. The highest BCUT2D eigenvalue weighted by molar-refractivity contribution is 7.91. The van der Waals surface area contributed by atoms with Crippen molar-refractivity contribution in [2.75, 3.05) is 11.5 Å². The fraction of sp³-hybridized carbons (Fsp3) is 0.545. The summed E-state index contributed by atoms with van der Waals surface area (Å²) in [4.78, 5) is 11.6. The van der Waals surface area contributed by atoms with Gasteiger partial charge in [0, 0.05) is 22.8 Å². The van der Waals surface area contributed by atoms with Gasteiger partial charge in [0.15, 0.2) is 9.84 Å². The molecule has 2 N–H and O–H groups in total. The molecule has 1 saturated heterocycles. The number of thiophene rings is 1. The predicted octanol–water partition coefficient (Wildman–Crippen LogP) is 1.11. The molecule has 2 rings (SSSR count). The number of carboxylic acid groups (broad SMARTS) is 1. The summed E-state index contributed by atoms with van der Waals surface area (Å²) in [6, 6.07) is 1.61. The average molecular weight is 289 g/mol. The van der Waals surface area contributed by atoms with E-state index in [4.69, 9.17) is 5.11 Å². The minimum Gasteiger partial charge on any atom is -0.478 e. The van der Waals surface area contributed by atoms with E-state index in [1.54, 1.807) is 11.4 Å². The first kappa shape index (κ1) is 13.5. The number of hydrogen-bond donors (Lipinski definition) is 2. The zero-order valence-electron chi connectivity index (χ0n) is 9.76. The molecule has 0 aliphatic carbocycles. The Hall–Kier alpha value is -0.920. The molecule has 0 radical (unpaired) electrons. The molecule has 1 aliphatic rings. The van der Waals surface area contributed by atoms with Crippen LogP contribution in [0.3, 0.4) is 0 Å². The molecule has 1 atom stereocenters. The van der Waals surface area contributed by atoms with E-state index in [1.807, 2.05) is 0 Å². The van der Waals surface area contributed by atoms with Crippen molar-refractivity contribution in [2.45, 2.75) is 25.4 Å². The highest BCUT2D eigenvalue weighted by Crippen LogP contribution is 2.16. The van der Waals surface area contributed by atoms with Crippen molar-refractivity contribution in [3.8, 4) is 0 Å². The van der Waals surface area contributed by atoms with Gasteiger partial charge in [0.1, 0.15) is 0 Å². The van der Waals surface area contributed by atoms with Gasteiger partial charge in [-0.15, -0.1) is 11.3 Å². The summed E-state index contributed by atoms with van der Waals surface area (Å²) >= 11 is 1.37. The first-order chi connectivity index (χ1) is 8.46. The Morgan fingerprint density at radius 3 is 2.94 bits per heavy atom. The fourth-order valence-corrected chi connectivity index (χ4v) is 4.49. The number of sulfone groups is 1. The van der Waals surface area contributed by atoms with Gasteiger partial charge in [0.2, 0.25) is 0 Å². The van der Waals surface area contributed by atoms with Gasteiger partial charge in [-0.1, -0.05) is 0 Å². The lowest BCUT2D eigenvalue weighted by molar-refractivity contribution is 0.0697. The van der Waals surface area contributed by atoms with Crippen molar-refractivity contribution in [2.24, 2.45) is 0 Å². The number of aromatic carboxylic acids is 1. The van der Waals surface area contributed by atoms with Crippen LogP contribution < -0.4 is 5.32 Å². The molecule has 1 fully saturated rings. The smallest absolute Gasteiger partial charge is 0.336 e. The summed E-state index contributed by atoms with van der Waals surface area (Å²) in [6.45, 7) is 0.526. The predicted molar refractivity (Wildman–Crippen MR) is 69.8 cm³/mol. The molecular formula is C11H15NO4S2. The Morgan fingerprint density at radius 1 is 1.56 bits per heavy atom. The van der Waals surface area contributed by atoms with E-state index >= 15 is 0 Å². The highest BCUT2D eigenvalue weighted by Gasteiger charge is 2.24. The summed E-state index contributed by atoms with van der Waals surface area (Å²) in [5.74, 6) is -0.463.